The highest BCUT2D eigenvalue weighted by Crippen LogP contribution is 2.17. The van der Waals surface area contributed by atoms with Gasteiger partial charge in [-0.05, 0) is 25.5 Å². The van der Waals surface area contributed by atoms with Gasteiger partial charge in [0.05, 0.1) is 29.7 Å². The number of aryl methyl sites for hydroxylation is 1. The minimum atomic E-state index is -0.399. The van der Waals surface area contributed by atoms with E-state index >= 15 is 0 Å². The number of carbonyl (C=O) groups is 1. The average Bonchev–Trinajstić information content (AvgIpc) is 3.03. The van der Waals surface area contributed by atoms with Gasteiger partial charge in [0.1, 0.15) is 5.82 Å². The van der Waals surface area contributed by atoms with Gasteiger partial charge in [-0.25, -0.2) is 24.7 Å². The second-order valence-corrected chi connectivity index (χ2v) is 5.12. The number of aromatic nitrogens is 5. The summed E-state index contributed by atoms with van der Waals surface area (Å²) in [6, 6.07) is 3.68. The van der Waals surface area contributed by atoms with E-state index in [1.165, 1.54) is 6.20 Å². The van der Waals surface area contributed by atoms with Crippen molar-refractivity contribution in [2.75, 3.05) is 11.9 Å². The summed E-state index contributed by atoms with van der Waals surface area (Å²) in [5.74, 6) is 0.568. The minimum absolute atomic E-state index is 0. The highest BCUT2D eigenvalue weighted by Gasteiger charge is 2.15. The molecule has 0 aliphatic rings. The normalized spacial score (nSPS) is 10.3. The van der Waals surface area contributed by atoms with Gasteiger partial charge in [-0.2, -0.15) is 0 Å². The summed E-state index contributed by atoms with van der Waals surface area (Å²) in [6.45, 7) is 4.11. The number of hydrogen-bond acceptors (Lipinski definition) is 7. The first-order valence-corrected chi connectivity index (χ1v) is 7.81. The van der Waals surface area contributed by atoms with Crippen molar-refractivity contribution >= 4 is 41.3 Å². The summed E-state index contributed by atoms with van der Waals surface area (Å²) in [6.07, 6.45) is 4.61. The van der Waals surface area contributed by atoms with Gasteiger partial charge in [-0.3, -0.25) is 0 Å². The third-order valence-corrected chi connectivity index (χ3v) is 3.37. The molecule has 9 heteroatoms. The van der Waals surface area contributed by atoms with Gasteiger partial charge >= 0.3 is 5.97 Å². The Labute approximate surface area is 150 Å². The molecule has 0 fully saturated rings. The summed E-state index contributed by atoms with van der Waals surface area (Å²) in [7, 11) is 0. The van der Waals surface area contributed by atoms with Crippen LogP contribution in [0.15, 0.2) is 24.7 Å². The lowest BCUT2D eigenvalue weighted by Gasteiger charge is -2.09. The molecule has 0 spiro atoms. The number of halogens is 1. The standard InChI is InChI=1S/C16H18N6O2.ClH/c1-3-5-11-10(15(23)24-4-2)8-17-16(20-11)22-13-7-6-12-14(21-13)19-9-18-12;/h6-9H,3-5H2,1-2H3,(H2,17,18,19,20,21,22);1H. The van der Waals surface area contributed by atoms with Crippen LogP contribution < -0.4 is 5.32 Å². The van der Waals surface area contributed by atoms with Crippen LogP contribution in [0.3, 0.4) is 0 Å². The Hall–Kier alpha value is -2.74. The van der Waals surface area contributed by atoms with Gasteiger partial charge < -0.3 is 15.0 Å². The fraction of sp³-hybridized carbons (Fsp3) is 0.312. The van der Waals surface area contributed by atoms with Crippen molar-refractivity contribution in [3.05, 3.63) is 35.9 Å². The molecule has 0 aliphatic carbocycles. The number of esters is 1. The first-order chi connectivity index (χ1) is 11.7. The largest absolute Gasteiger partial charge is 0.462 e. The molecule has 0 aromatic carbocycles. The summed E-state index contributed by atoms with van der Waals surface area (Å²) < 4.78 is 5.05. The molecule has 0 unspecified atom stereocenters. The van der Waals surface area contributed by atoms with Crippen molar-refractivity contribution in [3.63, 3.8) is 0 Å². The number of H-pyrrole nitrogens is 1. The molecule has 0 amide bonds. The number of pyridine rings is 1. The molecule has 0 radical (unpaired) electrons. The molecule has 132 valence electrons. The predicted molar refractivity (Wildman–Crippen MR) is 96.4 cm³/mol. The molecule has 25 heavy (non-hydrogen) atoms. The average molecular weight is 363 g/mol. The van der Waals surface area contributed by atoms with Crippen LogP contribution in [0.5, 0.6) is 0 Å². The van der Waals surface area contributed by atoms with E-state index in [0.29, 0.717) is 41.7 Å². The third-order valence-electron chi connectivity index (χ3n) is 3.37. The molecule has 3 heterocycles. The molecular weight excluding hydrogens is 344 g/mol. The van der Waals surface area contributed by atoms with E-state index in [9.17, 15) is 4.79 Å². The molecule has 0 bridgehead atoms. The number of anilines is 2. The molecule has 0 saturated heterocycles. The monoisotopic (exact) mass is 362 g/mol. The number of hydrogen-bond donors (Lipinski definition) is 2. The second-order valence-electron chi connectivity index (χ2n) is 5.12. The Morgan fingerprint density at radius 2 is 2.08 bits per heavy atom. The van der Waals surface area contributed by atoms with Crippen molar-refractivity contribution in [1.82, 2.24) is 24.9 Å². The first-order valence-electron chi connectivity index (χ1n) is 7.81. The molecule has 0 saturated carbocycles. The number of nitrogens with zero attached hydrogens (tertiary/aromatic N) is 4. The quantitative estimate of drug-likeness (QED) is 0.649. The Morgan fingerprint density at radius 1 is 1.24 bits per heavy atom. The molecule has 0 aliphatic heterocycles. The van der Waals surface area contributed by atoms with Crippen LogP contribution in [0.2, 0.25) is 0 Å². The maximum absolute atomic E-state index is 12.0. The van der Waals surface area contributed by atoms with Gasteiger partial charge in [0, 0.05) is 6.20 Å². The third kappa shape index (κ3) is 4.21. The number of rotatable bonds is 6. The lowest BCUT2D eigenvalue weighted by molar-refractivity contribution is 0.0524. The van der Waals surface area contributed by atoms with Gasteiger partial charge in [-0.15, -0.1) is 12.4 Å². The van der Waals surface area contributed by atoms with Crippen molar-refractivity contribution in [2.45, 2.75) is 26.7 Å². The fourth-order valence-electron chi connectivity index (χ4n) is 2.29. The van der Waals surface area contributed by atoms with Crippen LogP contribution in [0.1, 0.15) is 36.3 Å². The summed E-state index contributed by atoms with van der Waals surface area (Å²) in [5, 5.41) is 3.04. The van der Waals surface area contributed by atoms with Gasteiger partial charge in [0.25, 0.3) is 0 Å². The maximum atomic E-state index is 12.0. The van der Waals surface area contributed by atoms with E-state index in [1.54, 1.807) is 13.3 Å². The van der Waals surface area contributed by atoms with Crippen LogP contribution >= 0.6 is 12.4 Å². The number of ether oxygens (including phenoxy) is 1. The minimum Gasteiger partial charge on any atom is -0.462 e. The molecular formula is C16H19ClN6O2. The topological polar surface area (TPSA) is 106 Å². The van der Waals surface area contributed by atoms with E-state index in [1.807, 2.05) is 19.1 Å². The molecule has 3 aromatic heterocycles. The summed E-state index contributed by atoms with van der Waals surface area (Å²) in [4.78, 5) is 32.1. The van der Waals surface area contributed by atoms with Gasteiger partial charge in [0.15, 0.2) is 5.65 Å². The smallest absolute Gasteiger partial charge is 0.341 e. The highest BCUT2D eigenvalue weighted by atomic mass is 35.5. The number of carbonyl (C=O) groups excluding carboxylic acids is 1. The van der Waals surface area contributed by atoms with Crippen LogP contribution in [0.25, 0.3) is 11.2 Å². The van der Waals surface area contributed by atoms with Crippen molar-refractivity contribution < 1.29 is 9.53 Å². The van der Waals surface area contributed by atoms with Crippen LogP contribution in [-0.2, 0) is 11.2 Å². The number of imidazole rings is 1. The van der Waals surface area contributed by atoms with Gasteiger partial charge in [-0.1, -0.05) is 13.3 Å². The zero-order valence-corrected chi connectivity index (χ0v) is 14.8. The van der Waals surface area contributed by atoms with Crippen LogP contribution in [-0.4, -0.2) is 37.5 Å². The zero-order valence-electron chi connectivity index (χ0n) is 13.9. The summed E-state index contributed by atoms with van der Waals surface area (Å²) >= 11 is 0. The van der Waals surface area contributed by atoms with E-state index in [4.69, 9.17) is 4.74 Å². The number of aromatic amines is 1. The SMILES string of the molecule is CCCc1nc(Nc2ccc3[nH]cnc3n2)ncc1C(=O)OCC.Cl. The van der Waals surface area contributed by atoms with E-state index in [-0.39, 0.29) is 12.4 Å². The van der Waals surface area contributed by atoms with Crippen molar-refractivity contribution in [3.8, 4) is 0 Å². The van der Waals surface area contributed by atoms with E-state index in [0.717, 1.165) is 11.9 Å². The Balaban J connectivity index is 0.00000225. The van der Waals surface area contributed by atoms with Gasteiger partial charge in [0.2, 0.25) is 5.95 Å². The Bertz CT molecular complexity index is 867. The molecule has 3 aromatic rings. The van der Waals surface area contributed by atoms with E-state index in [2.05, 4.69) is 30.2 Å². The number of fused-ring (bicyclic) bond motifs is 1. The van der Waals surface area contributed by atoms with Crippen molar-refractivity contribution in [1.29, 1.82) is 0 Å². The lowest BCUT2D eigenvalue weighted by atomic mass is 10.1. The van der Waals surface area contributed by atoms with Crippen molar-refractivity contribution in [2.24, 2.45) is 0 Å². The lowest BCUT2D eigenvalue weighted by Crippen LogP contribution is -2.12. The fourth-order valence-corrected chi connectivity index (χ4v) is 2.29. The highest BCUT2D eigenvalue weighted by molar-refractivity contribution is 5.90. The number of nitrogens with one attached hydrogen (secondary N) is 2. The first kappa shape index (κ1) is 18.6. The Kier molecular flexibility index (Phi) is 6.24. The zero-order chi connectivity index (χ0) is 16.9. The van der Waals surface area contributed by atoms with E-state index < -0.39 is 5.97 Å². The predicted octanol–water partition coefficient (Wildman–Crippen LogP) is 3.04. The second kappa shape index (κ2) is 8.39. The summed E-state index contributed by atoms with van der Waals surface area (Å²) in [5.41, 5.74) is 2.52. The molecule has 3 rings (SSSR count). The molecule has 8 nitrogen and oxygen atoms in total. The maximum Gasteiger partial charge on any atom is 0.341 e. The Morgan fingerprint density at radius 3 is 2.84 bits per heavy atom. The van der Waals surface area contributed by atoms with Crippen LogP contribution in [0, 0.1) is 0 Å². The van der Waals surface area contributed by atoms with Crippen LogP contribution in [0.4, 0.5) is 11.8 Å². The molecule has 2 N–H and O–H groups in total. The molecule has 0 atom stereocenters.